The van der Waals surface area contributed by atoms with E-state index in [2.05, 4.69) is 30.1 Å². The van der Waals surface area contributed by atoms with E-state index in [1.807, 2.05) is 28.9 Å². The van der Waals surface area contributed by atoms with Gasteiger partial charge in [-0.05, 0) is 30.5 Å². The molecule has 0 amide bonds. The lowest BCUT2D eigenvalue weighted by atomic mass is 10.1. The second-order valence-corrected chi connectivity index (χ2v) is 9.92. The number of pyridine rings is 1. The average Bonchev–Trinajstić information content (AvgIpc) is 3.59. The molecule has 188 valence electrons. The smallest absolute Gasteiger partial charge is 0.335 e. The molecule has 0 saturated heterocycles. The fourth-order valence-corrected chi connectivity index (χ4v) is 4.80. The summed E-state index contributed by atoms with van der Waals surface area (Å²) in [5.41, 5.74) is 2.27. The Labute approximate surface area is 206 Å². The van der Waals surface area contributed by atoms with E-state index in [1.165, 1.54) is 19.6 Å². The van der Waals surface area contributed by atoms with Gasteiger partial charge < -0.3 is 14.8 Å². The SMILES string of the molecule is CNS(=O)(=O)O[C@@H]1C[C@H](Nc2ncncc2C(=O)c2ccn(Cc3ccc4nccn4c3)n2)C[C@@H]1O. The maximum atomic E-state index is 13.2. The van der Waals surface area contributed by atoms with E-state index in [0.717, 1.165) is 11.2 Å². The monoisotopic (exact) mass is 512 g/mol. The number of fused-ring (bicyclic) bond motifs is 1. The van der Waals surface area contributed by atoms with Crippen LogP contribution < -0.4 is 10.0 Å². The molecular weight excluding hydrogens is 488 g/mol. The minimum Gasteiger partial charge on any atom is -0.390 e. The number of hydrogen-bond donors (Lipinski definition) is 3. The molecule has 4 aromatic heterocycles. The van der Waals surface area contributed by atoms with Gasteiger partial charge in [0.2, 0.25) is 5.78 Å². The highest BCUT2D eigenvalue weighted by Crippen LogP contribution is 2.27. The standard InChI is InChI=1S/C22H24N8O5S/c1-23-36(33,34)35-19-9-15(8-18(19)31)27-22-16(10-24-13-26-22)21(32)17-4-6-30(28-17)12-14-2-3-20-25-5-7-29(20)11-14/h2-7,10-11,13,15,18-19,23,31H,8-9,12H2,1H3,(H,24,26,27)/t15-,18+,19-/m1/s1. The van der Waals surface area contributed by atoms with Crippen LogP contribution in [0.1, 0.15) is 34.5 Å². The van der Waals surface area contributed by atoms with Crippen molar-refractivity contribution in [2.75, 3.05) is 12.4 Å². The van der Waals surface area contributed by atoms with E-state index in [1.54, 1.807) is 23.1 Å². The molecule has 4 heterocycles. The molecule has 1 fully saturated rings. The largest absolute Gasteiger partial charge is 0.390 e. The fraction of sp³-hybridized carbons (Fsp3) is 0.318. The van der Waals surface area contributed by atoms with Crippen LogP contribution in [0.25, 0.3) is 5.65 Å². The van der Waals surface area contributed by atoms with Gasteiger partial charge in [0.15, 0.2) is 0 Å². The number of ketones is 1. The van der Waals surface area contributed by atoms with Crippen molar-refractivity contribution in [3.63, 3.8) is 0 Å². The summed E-state index contributed by atoms with van der Waals surface area (Å²) < 4.78 is 34.0. The minimum absolute atomic E-state index is 0.204. The Bertz CT molecular complexity index is 1500. The van der Waals surface area contributed by atoms with Gasteiger partial charge >= 0.3 is 10.3 Å². The highest BCUT2D eigenvalue weighted by Gasteiger charge is 2.37. The zero-order valence-corrected chi connectivity index (χ0v) is 20.0. The topological polar surface area (TPSA) is 166 Å². The molecule has 0 aliphatic heterocycles. The third-order valence-electron chi connectivity index (χ3n) is 5.94. The van der Waals surface area contributed by atoms with E-state index in [-0.39, 0.29) is 41.7 Å². The summed E-state index contributed by atoms with van der Waals surface area (Å²) in [6, 6.07) is 5.12. The van der Waals surface area contributed by atoms with Crippen molar-refractivity contribution >= 4 is 27.6 Å². The lowest BCUT2D eigenvalue weighted by molar-refractivity contribution is 0.0636. The van der Waals surface area contributed by atoms with Crippen LogP contribution in [0.2, 0.25) is 0 Å². The quantitative estimate of drug-likeness (QED) is 0.267. The predicted molar refractivity (Wildman–Crippen MR) is 127 cm³/mol. The molecule has 3 N–H and O–H groups in total. The van der Waals surface area contributed by atoms with Gasteiger partial charge in [-0.3, -0.25) is 13.7 Å². The number of aromatic nitrogens is 6. The molecule has 0 aromatic carbocycles. The molecule has 0 spiro atoms. The third kappa shape index (κ3) is 5.11. The molecule has 1 aliphatic carbocycles. The zero-order valence-electron chi connectivity index (χ0n) is 19.2. The van der Waals surface area contributed by atoms with Crippen LogP contribution in [-0.2, 0) is 21.0 Å². The summed E-state index contributed by atoms with van der Waals surface area (Å²) >= 11 is 0. The van der Waals surface area contributed by atoms with Crippen LogP contribution in [0.15, 0.2) is 55.5 Å². The Hall–Kier alpha value is -3.72. The first-order valence-corrected chi connectivity index (χ1v) is 12.6. The van der Waals surface area contributed by atoms with Crippen molar-refractivity contribution in [3.8, 4) is 0 Å². The van der Waals surface area contributed by atoms with Gasteiger partial charge in [0.1, 0.15) is 29.6 Å². The Morgan fingerprint density at radius 2 is 2.08 bits per heavy atom. The number of carbonyl (C=O) groups excluding carboxylic acids is 1. The van der Waals surface area contributed by atoms with Crippen molar-refractivity contribution in [1.29, 1.82) is 0 Å². The first kappa shape index (κ1) is 24.0. The normalized spacial score (nSPS) is 20.1. The Kier molecular flexibility index (Phi) is 6.49. The summed E-state index contributed by atoms with van der Waals surface area (Å²) in [5.74, 6) is -0.101. The minimum atomic E-state index is -3.95. The van der Waals surface area contributed by atoms with Crippen molar-refractivity contribution in [3.05, 3.63) is 72.3 Å². The van der Waals surface area contributed by atoms with Gasteiger partial charge in [0, 0.05) is 44.1 Å². The van der Waals surface area contributed by atoms with Crippen molar-refractivity contribution in [1.82, 2.24) is 33.9 Å². The van der Waals surface area contributed by atoms with Crippen LogP contribution in [-0.4, -0.2) is 73.7 Å². The summed E-state index contributed by atoms with van der Waals surface area (Å²) in [5, 5.41) is 17.8. The van der Waals surface area contributed by atoms with Crippen LogP contribution >= 0.6 is 0 Å². The van der Waals surface area contributed by atoms with Gasteiger partial charge in [-0.15, -0.1) is 0 Å². The van der Waals surface area contributed by atoms with Crippen LogP contribution in [0.4, 0.5) is 5.82 Å². The fourth-order valence-electron chi connectivity index (χ4n) is 4.17. The average molecular weight is 513 g/mol. The molecule has 36 heavy (non-hydrogen) atoms. The van der Waals surface area contributed by atoms with E-state index >= 15 is 0 Å². The molecule has 0 bridgehead atoms. The summed E-state index contributed by atoms with van der Waals surface area (Å²) in [4.78, 5) is 25.6. The first-order valence-electron chi connectivity index (χ1n) is 11.2. The highest BCUT2D eigenvalue weighted by molar-refractivity contribution is 7.84. The molecule has 4 aromatic rings. The number of carbonyl (C=O) groups is 1. The Morgan fingerprint density at radius 1 is 1.22 bits per heavy atom. The van der Waals surface area contributed by atoms with Gasteiger partial charge in [0.05, 0.1) is 18.2 Å². The van der Waals surface area contributed by atoms with Crippen molar-refractivity contribution < 1.29 is 22.5 Å². The molecule has 0 radical (unpaired) electrons. The number of hydrogen-bond acceptors (Lipinski definition) is 10. The van der Waals surface area contributed by atoms with Gasteiger partial charge in [-0.1, -0.05) is 6.07 Å². The number of nitrogens with zero attached hydrogens (tertiary/aromatic N) is 6. The molecule has 14 heteroatoms. The number of nitrogens with one attached hydrogen (secondary N) is 2. The number of rotatable bonds is 9. The first-order chi connectivity index (χ1) is 17.3. The maximum Gasteiger partial charge on any atom is 0.335 e. The summed E-state index contributed by atoms with van der Waals surface area (Å²) in [6.45, 7) is 0.467. The summed E-state index contributed by atoms with van der Waals surface area (Å²) in [6.07, 6.45) is 8.46. The van der Waals surface area contributed by atoms with E-state index in [9.17, 15) is 18.3 Å². The van der Waals surface area contributed by atoms with Crippen molar-refractivity contribution in [2.24, 2.45) is 0 Å². The molecule has 5 rings (SSSR count). The van der Waals surface area contributed by atoms with Crippen molar-refractivity contribution in [2.45, 2.75) is 37.6 Å². The number of anilines is 1. The van der Waals surface area contributed by atoms with E-state index < -0.39 is 22.5 Å². The molecule has 3 atom stereocenters. The molecular formula is C22H24N8O5S. The highest BCUT2D eigenvalue weighted by atomic mass is 32.2. The lowest BCUT2D eigenvalue weighted by Crippen LogP contribution is -2.31. The number of aliphatic hydroxyl groups excluding tert-OH is 1. The van der Waals surface area contributed by atoms with Crippen LogP contribution in [0.5, 0.6) is 0 Å². The Morgan fingerprint density at radius 3 is 2.92 bits per heavy atom. The second-order valence-electron chi connectivity index (χ2n) is 8.42. The second kappa shape index (κ2) is 9.73. The van der Waals surface area contributed by atoms with Gasteiger partial charge in [-0.25, -0.2) is 15.0 Å². The molecule has 1 saturated carbocycles. The number of imidazole rings is 1. The maximum absolute atomic E-state index is 13.2. The molecule has 13 nitrogen and oxygen atoms in total. The third-order valence-corrected chi connectivity index (χ3v) is 6.94. The molecule has 0 unspecified atom stereocenters. The zero-order chi connectivity index (χ0) is 25.3. The lowest BCUT2D eigenvalue weighted by Gasteiger charge is -2.15. The van der Waals surface area contributed by atoms with Crippen LogP contribution in [0.3, 0.4) is 0 Å². The van der Waals surface area contributed by atoms with Gasteiger partial charge in [-0.2, -0.15) is 18.2 Å². The molecule has 1 aliphatic rings. The summed E-state index contributed by atoms with van der Waals surface area (Å²) in [7, 11) is -2.72. The van der Waals surface area contributed by atoms with E-state index in [0.29, 0.717) is 6.54 Å². The van der Waals surface area contributed by atoms with Crippen LogP contribution in [0, 0.1) is 0 Å². The number of aliphatic hydroxyl groups is 1. The van der Waals surface area contributed by atoms with Gasteiger partial charge in [0.25, 0.3) is 0 Å². The Balaban J connectivity index is 1.29. The predicted octanol–water partition coefficient (Wildman–Crippen LogP) is 0.385. The van der Waals surface area contributed by atoms with E-state index in [4.69, 9.17) is 4.18 Å².